The van der Waals surface area contributed by atoms with E-state index in [1.54, 1.807) is 12.1 Å². The smallest absolute Gasteiger partial charge is 0.269 e. The average Bonchev–Trinajstić information content (AvgIpc) is 2.35. The number of nitro benzene ring substituents is 1. The fraction of sp³-hybridized carbons (Fsp3) is 0.538. The molecule has 0 fully saturated rings. The van der Waals surface area contributed by atoms with Crippen LogP contribution in [0.15, 0.2) is 24.3 Å². The van der Waals surface area contributed by atoms with Crippen molar-refractivity contribution in [1.82, 2.24) is 5.32 Å². The van der Waals surface area contributed by atoms with Crippen LogP contribution in [0.3, 0.4) is 0 Å². The highest BCUT2D eigenvalue weighted by molar-refractivity contribution is 5.32. The molecule has 0 aliphatic heterocycles. The predicted molar refractivity (Wildman–Crippen MR) is 69.2 cm³/mol. The molecule has 4 nitrogen and oxygen atoms in total. The molecule has 4 heteroatoms. The Bertz CT molecular complexity index is 349. The molecule has 1 aromatic rings. The molecule has 1 N–H and O–H groups in total. The second-order valence-electron chi connectivity index (χ2n) is 4.24. The van der Waals surface area contributed by atoms with Gasteiger partial charge in [0.15, 0.2) is 0 Å². The van der Waals surface area contributed by atoms with E-state index in [9.17, 15) is 10.1 Å². The van der Waals surface area contributed by atoms with Gasteiger partial charge in [-0.15, -0.1) is 0 Å². The summed E-state index contributed by atoms with van der Waals surface area (Å²) in [6, 6.07) is 7.37. The lowest BCUT2D eigenvalue weighted by Crippen LogP contribution is -2.25. The second-order valence-corrected chi connectivity index (χ2v) is 4.24. The Hall–Kier alpha value is -1.42. The molecule has 1 atom stereocenters. The van der Waals surface area contributed by atoms with Gasteiger partial charge in [0.1, 0.15) is 0 Å². The summed E-state index contributed by atoms with van der Waals surface area (Å²) < 4.78 is 0. The van der Waals surface area contributed by atoms with Crippen LogP contribution in [0.1, 0.15) is 31.7 Å². The van der Waals surface area contributed by atoms with Crippen LogP contribution in [-0.4, -0.2) is 18.0 Å². The van der Waals surface area contributed by atoms with E-state index in [2.05, 4.69) is 12.2 Å². The summed E-state index contributed by atoms with van der Waals surface area (Å²) in [5.74, 6) is 0. The lowest BCUT2D eigenvalue weighted by molar-refractivity contribution is -0.384. The van der Waals surface area contributed by atoms with E-state index in [1.807, 2.05) is 19.2 Å². The van der Waals surface area contributed by atoms with Crippen molar-refractivity contribution in [2.75, 3.05) is 7.05 Å². The molecule has 0 bridgehead atoms. The van der Waals surface area contributed by atoms with Gasteiger partial charge in [0.05, 0.1) is 4.92 Å². The van der Waals surface area contributed by atoms with E-state index in [0.717, 1.165) is 18.4 Å². The van der Waals surface area contributed by atoms with Crippen molar-refractivity contribution in [2.24, 2.45) is 0 Å². The average molecular weight is 236 g/mol. The Kier molecular flexibility index (Phi) is 5.63. The molecule has 0 aliphatic carbocycles. The minimum Gasteiger partial charge on any atom is -0.317 e. The topological polar surface area (TPSA) is 55.2 Å². The van der Waals surface area contributed by atoms with Gasteiger partial charge in [0, 0.05) is 18.2 Å². The van der Waals surface area contributed by atoms with Gasteiger partial charge in [-0.25, -0.2) is 0 Å². The molecule has 0 saturated carbocycles. The highest BCUT2D eigenvalue weighted by atomic mass is 16.6. The van der Waals surface area contributed by atoms with Crippen LogP contribution in [0.5, 0.6) is 0 Å². The molecular formula is C13H20N2O2. The number of aryl methyl sites for hydroxylation is 1. The first kappa shape index (κ1) is 13.6. The van der Waals surface area contributed by atoms with Crippen molar-refractivity contribution in [2.45, 2.75) is 38.6 Å². The van der Waals surface area contributed by atoms with Crippen LogP contribution in [0.4, 0.5) is 5.69 Å². The summed E-state index contributed by atoms with van der Waals surface area (Å²) in [6.07, 6.45) is 4.38. The molecule has 0 amide bonds. The lowest BCUT2D eigenvalue weighted by atomic mass is 10.0. The van der Waals surface area contributed by atoms with Crippen LogP contribution in [0, 0.1) is 10.1 Å². The number of nitrogens with zero attached hydrogens (tertiary/aromatic N) is 1. The zero-order valence-corrected chi connectivity index (χ0v) is 10.5. The van der Waals surface area contributed by atoms with Crippen molar-refractivity contribution in [3.05, 3.63) is 39.9 Å². The number of nitro groups is 1. The van der Waals surface area contributed by atoms with Crippen LogP contribution < -0.4 is 5.32 Å². The summed E-state index contributed by atoms with van der Waals surface area (Å²) in [6.45, 7) is 2.18. The maximum absolute atomic E-state index is 10.5. The number of nitrogens with one attached hydrogen (secondary N) is 1. The molecule has 1 unspecified atom stereocenters. The van der Waals surface area contributed by atoms with Gasteiger partial charge >= 0.3 is 0 Å². The molecule has 1 rings (SSSR count). The van der Waals surface area contributed by atoms with Gasteiger partial charge in [-0.3, -0.25) is 10.1 Å². The first-order valence-electron chi connectivity index (χ1n) is 6.08. The van der Waals surface area contributed by atoms with Crippen molar-refractivity contribution in [3.8, 4) is 0 Å². The maximum atomic E-state index is 10.5. The first-order chi connectivity index (χ1) is 8.17. The van der Waals surface area contributed by atoms with Gasteiger partial charge in [-0.05, 0) is 31.9 Å². The first-order valence-corrected chi connectivity index (χ1v) is 6.08. The van der Waals surface area contributed by atoms with E-state index in [0.29, 0.717) is 6.04 Å². The number of benzene rings is 1. The molecule has 0 aromatic heterocycles. The third-order valence-electron chi connectivity index (χ3n) is 2.97. The van der Waals surface area contributed by atoms with Crippen LogP contribution >= 0.6 is 0 Å². The van der Waals surface area contributed by atoms with Crippen molar-refractivity contribution in [3.63, 3.8) is 0 Å². The normalized spacial score (nSPS) is 12.4. The number of hydrogen-bond acceptors (Lipinski definition) is 3. The minimum atomic E-state index is -0.364. The number of rotatable bonds is 7. The summed E-state index contributed by atoms with van der Waals surface area (Å²) in [5.41, 5.74) is 1.32. The summed E-state index contributed by atoms with van der Waals surface area (Å²) in [4.78, 5) is 10.1. The highest BCUT2D eigenvalue weighted by Gasteiger charge is 2.07. The maximum Gasteiger partial charge on any atom is 0.269 e. The number of hydrogen-bond donors (Lipinski definition) is 1. The van der Waals surface area contributed by atoms with E-state index in [4.69, 9.17) is 0 Å². The van der Waals surface area contributed by atoms with Gasteiger partial charge in [-0.2, -0.15) is 0 Å². The third-order valence-corrected chi connectivity index (χ3v) is 2.97. The molecule has 94 valence electrons. The fourth-order valence-electron chi connectivity index (χ4n) is 1.91. The Morgan fingerprint density at radius 3 is 2.41 bits per heavy atom. The molecule has 17 heavy (non-hydrogen) atoms. The molecule has 0 radical (unpaired) electrons. The predicted octanol–water partition coefficient (Wildman–Crippen LogP) is 2.92. The zero-order chi connectivity index (χ0) is 12.7. The Balaban J connectivity index is 2.48. The second kappa shape index (κ2) is 7.01. The molecule has 0 spiro atoms. The zero-order valence-electron chi connectivity index (χ0n) is 10.5. The van der Waals surface area contributed by atoms with Crippen molar-refractivity contribution in [1.29, 1.82) is 0 Å². The van der Waals surface area contributed by atoms with Crippen LogP contribution in [0.2, 0.25) is 0 Å². The Morgan fingerprint density at radius 2 is 1.94 bits per heavy atom. The van der Waals surface area contributed by atoms with Gasteiger partial charge in [0.25, 0.3) is 5.69 Å². The summed E-state index contributed by atoms with van der Waals surface area (Å²) >= 11 is 0. The largest absolute Gasteiger partial charge is 0.317 e. The van der Waals surface area contributed by atoms with E-state index < -0.39 is 0 Å². The summed E-state index contributed by atoms with van der Waals surface area (Å²) in [5, 5.41) is 13.8. The van der Waals surface area contributed by atoms with Crippen LogP contribution in [0.25, 0.3) is 0 Å². The molecule has 0 saturated heterocycles. The molecule has 0 aliphatic rings. The number of non-ortho nitro benzene ring substituents is 1. The quantitative estimate of drug-likeness (QED) is 0.585. The monoisotopic (exact) mass is 236 g/mol. The standard InChI is InChI=1S/C13H20N2O2/c1-3-4-12(14-2)8-5-11-6-9-13(10-7-11)15(16)17/h6-7,9-10,12,14H,3-5,8H2,1-2H3. The fourth-order valence-corrected chi connectivity index (χ4v) is 1.91. The Labute approximate surface area is 102 Å². The van der Waals surface area contributed by atoms with Crippen LogP contribution in [-0.2, 0) is 6.42 Å². The third kappa shape index (κ3) is 4.53. The molecular weight excluding hydrogens is 216 g/mol. The van der Waals surface area contributed by atoms with Gasteiger partial charge in [0.2, 0.25) is 0 Å². The SMILES string of the molecule is CCCC(CCc1ccc([N+](=O)[O-])cc1)NC. The Morgan fingerprint density at radius 1 is 1.29 bits per heavy atom. The molecule has 1 aromatic carbocycles. The van der Waals surface area contributed by atoms with Gasteiger partial charge in [-0.1, -0.05) is 25.5 Å². The highest BCUT2D eigenvalue weighted by Crippen LogP contribution is 2.14. The minimum absolute atomic E-state index is 0.160. The van der Waals surface area contributed by atoms with E-state index in [-0.39, 0.29) is 10.6 Å². The summed E-state index contributed by atoms with van der Waals surface area (Å²) in [7, 11) is 1.98. The van der Waals surface area contributed by atoms with Crippen molar-refractivity contribution >= 4 is 5.69 Å². The van der Waals surface area contributed by atoms with E-state index in [1.165, 1.54) is 12.8 Å². The molecule has 0 heterocycles. The van der Waals surface area contributed by atoms with E-state index >= 15 is 0 Å². The van der Waals surface area contributed by atoms with Crippen molar-refractivity contribution < 1.29 is 4.92 Å². The van der Waals surface area contributed by atoms with Gasteiger partial charge < -0.3 is 5.32 Å². The lowest BCUT2D eigenvalue weighted by Gasteiger charge is -2.14.